The van der Waals surface area contributed by atoms with Gasteiger partial charge >= 0.3 is 5.97 Å². The van der Waals surface area contributed by atoms with Crippen molar-refractivity contribution in [2.45, 2.75) is 4.21 Å². The highest BCUT2D eigenvalue weighted by Crippen LogP contribution is 2.38. The van der Waals surface area contributed by atoms with Crippen LogP contribution in [0.15, 0.2) is 16.0 Å². The topological polar surface area (TPSA) is 92.7 Å². The number of aliphatic hydroxyl groups is 1. The highest BCUT2D eigenvalue weighted by atomic mass is 35.5. The van der Waals surface area contributed by atoms with E-state index in [0.29, 0.717) is 0 Å². The summed E-state index contributed by atoms with van der Waals surface area (Å²) in [6.07, 6.45) is 0. The largest absolute Gasteiger partial charge is 0.505 e. The van der Waals surface area contributed by atoms with Crippen LogP contribution in [0.3, 0.4) is 0 Å². The molecule has 1 aliphatic rings. The first-order valence-corrected chi connectivity index (χ1v) is 6.88. The van der Waals surface area contributed by atoms with E-state index >= 15 is 0 Å². The van der Waals surface area contributed by atoms with Gasteiger partial charge in [0.25, 0.3) is 10.0 Å². The first kappa shape index (κ1) is 12.2. The normalized spacial score (nSPS) is 17.3. The zero-order valence-electron chi connectivity index (χ0n) is 8.35. The lowest BCUT2D eigenvalue weighted by Crippen LogP contribution is -2.32. The fourth-order valence-electron chi connectivity index (χ4n) is 1.31. The van der Waals surface area contributed by atoms with Crippen molar-refractivity contribution in [2.75, 3.05) is 7.11 Å². The Kier molecular flexibility index (Phi) is 2.80. The third-order valence-electron chi connectivity index (χ3n) is 2.03. The standard InChI is InChI=1S/C8H6ClNO5S2/c1-15-7(12)5-6(11)3-2-4(9)16-8(3)17(13,14)10-5/h2,10-11H,1H3. The highest BCUT2D eigenvalue weighted by molar-refractivity contribution is 7.92. The van der Waals surface area contributed by atoms with Gasteiger partial charge in [-0.2, -0.15) is 0 Å². The lowest BCUT2D eigenvalue weighted by molar-refractivity contribution is -0.136. The Morgan fingerprint density at radius 2 is 2.24 bits per heavy atom. The SMILES string of the molecule is COC(=O)C1=C(O)c2cc(Cl)sc2S(=O)(=O)N1. The first-order chi connectivity index (χ1) is 7.86. The molecule has 0 amide bonds. The average molecular weight is 296 g/mol. The van der Waals surface area contributed by atoms with Gasteiger partial charge in [0.1, 0.15) is 0 Å². The van der Waals surface area contributed by atoms with Crippen LogP contribution in [0.5, 0.6) is 0 Å². The number of rotatable bonds is 1. The minimum Gasteiger partial charge on any atom is -0.505 e. The molecule has 0 bridgehead atoms. The van der Waals surface area contributed by atoms with Crippen LogP contribution < -0.4 is 4.72 Å². The Morgan fingerprint density at radius 1 is 1.59 bits per heavy atom. The molecule has 0 radical (unpaired) electrons. The number of esters is 1. The third kappa shape index (κ3) is 1.88. The maximum Gasteiger partial charge on any atom is 0.359 e. The predicted octanol–water partition coefficient (Wildman–Crippen LogP) is 1.09. The quantitative estimate of drug-likeness (QED) is 0.757. The third-order valence-corrected chi connectivity index (χ3v) is 5.18. The molecule has 2 rings (SSSR count). The number of fused-ring (bicyclic) bond motifs is 1. The Labute approximate surface area is 106 Å². The van der Waals surface area contributed by atoms with Crippen molar-refractivity contribution in [3.63, 3.8) is 0 Å². The summed E-state index contributed by atoms with van der Waals surface area (Å²) in [6.45, 7) is 0. The molecule has 2 N–H and O–H groups in total. The van der Waals surface area contributed by atoms with Gasteiger partial charge < -0.3 is 9.84 Å². The van der Waals surface area contributed by atoms with E-state index < -0.39 is 27.4 Å². The number of nitrogens with one attached hydrogen (secondary N) is 1. The van der Waals surface area contributed by atoms with Crippen molar-refractivity contribution in [1.29, 1.82) is 0 Å². The van der Waals surface area contributed by atoms with Gasteiger partial charge in [-0.05, 0) is 6.07 Å². The summed E-state index contributed by atoms with van der Waals surface area (Å²) in [4.78, 5) is 11.3. The van der Waals surface area contributed by atoms with Crippen LogP contribution in [-0.2, 0) is 19.6 Å². The molecule has 2 heterocycles. The van der Waals surface area contributed by atoms with Crippen molar-refractivity contribution < 1.29 is 23.1 Å². The molecule has 0 fully saturated rings. The number of carbonyl (C=O) groups excluding carboxylic acids is 1. The van der Waals surface area contributed by atoms with Gasteiger partial charge in [-0.1, -0.05) is 11.6 Å². The lowest BCUT2D eigenvalue weighted by Gasteiger charge is -2.16. The zero-order valence-corrected chi connectivity index (χ0v) is 10.7. The van der Waals surface area contributed by atoms with Gasteiger partial charge in [0.05, 0.1) is 17.0 Å². The van der Waals surface area contributed by atoms with Crippen LogP contribution >= 0.6 is 22.9 Å². The number of ether oxygens (including phenoxy) is 1. The molecule has 92 valence electrons. The van der Waals surface area contributed by atoms with Crippen LogP contribution in [0.2, 0.25) is 4.34 Å². The number of thiophene rings is 1. The van der Waals surface area contributed by atoms with E-state index in [0.717, 1.165) is 18.4 Å². The van der Waals surface area contributed by atoms with E-state index in [4.69, 9.17) is 11.6 Å². The second-order valence-electron chi connectivity index (χ2n) is 3.07. The smallest absolute Gasteiger partial charge is 0.359 e. The van der Waals surface area contributed by atoms with Crippen LogP contribution in [0.25, 0.3) is 5.76 Å². The molecule has 9 heteroatoms. The number of sulfonamides is 1. The maximum atomic E-state index is 11.8. The fraction of sp³-hybridized carbons (Fsp3) is 0.125. The van der Waals surface area contributed by atoms with E-state index in [9.17, 15) is 18.3 Å². The fourth-order valence-corrected chi connectivity index (χ4v) is 4.23. The summed E-state index contributed by atoms with van der Waals surface area (Å²) in [5.41, 5.74) is -0.520. The molecule has 17 heavy (non-hydrogen) atoms. The molecule has 6 nitrogen and oxygen atoms in total. The molecule has 0 saturated carbocycles. The summed E-state index contributed by atoms with van der Waals surface area (Å²) in [7, 11) is -2.82. The number of hydrogen-bond acceptors (Lipinski definition) is 6. The number of methoxy groups -OCH3 is 1. The van der Waals surface area contributed by atoms with Crippen LogP contribution in [-0.4, -0.2) is 26.6 Å². The second-order valence-corrected chi connectivity index (χ2v) is 6.63. The van der Waals surface area contributed by atoms with Crippen molar-refractivity contribution in [1.82, 2.24) is 4.72 Å². The number of hydrogen-bond donors (Lipinski definition) is 2. The number of aliphatic hydroxyl groups excluding tert-OH is 1. The Hall–Kier alpha value is -1.25. The number of carbonyl (C=O) groups is 1. The summed E-state index contributed by atoms with van der Waals surface area (Å²) in [5.74, 6) is -1.47. The predicted molar refractivity (Wildman–Crippen MR) is 61.2 cm³/mol. The minimum atomic E-state index is -3.89. The lowest BCUT2D eigenvalue weighted by atomic mass is 10.2. The maximum absolute atomic E-state index is 11.8. The van der Waals surface area contributed by atoms with Crippen molar-refractivity contribution in [3.05, 3.63) is 21.7 Å². The molecular formula is C8H6ClNO5S2. The van der Waals surface area contributed by atoms with E-state index in [1.54, 1.807) is 0 Å². The summed E-state index contributed by atoms with van der Waals surface area (Å²) >= 11 is 6.47. The molecular weight excluding hydrogens is 290 g/mol. The minimum absolute atomic E-state index is 0.000787. The molecule has 1 aliphatic heterocycles. The van der Waals surface area contributed by atoms with Gasteiger partial charge in [0, 0.05) is 0 Å². The summed E-state index contributed by atoms with van der Waals surface area (Å²) in [6, 6.07) is 1.28. The van der Waals surface area contributed by atoms with Crippen molar-refractivity contribution >= 4 is 44.7 Å². The van der Waals surface area contributed by atoms with E-state index in [1.165, 1.54) is 6.07 Å². The zero-order chi connectivity index (χ0) is 12.8. The van der Waals surface area contributed by atoms with E-state index in [1.807, 2.05) is 4.72 Å². The van der Waals surface area contributed by atoms with Gasteiger partial charge in [-0.25, -0.2) is 13.2 Å². The van der Waals surface area contributed by atoms with E-state index in [2.05, 4.69) is 4.74 Å². The molecule has 1 aromatic rings. The van der Waals surface area contributed by atoms with Gasteiger partial charge in [0.15, 0.2) is 15.7 Å². The molecule has 0 aromatic carbocycles. The van der Waals surface area contributed by atoms with Gasteiger partial charge in [0.2, 0.25) is 0 Å². The molecule has 0 unspecified atom stereocenters. The second kappa shape index (κ2) is 3.90. The van der Waals surface area contributed by atoms with Crippen molar-refractivity contribution in [3.8, 4) is 0 Å². The first-order valence-electron chi connectivity index (χ1n) is 4.21. The monoisotopic (exact) mass is 295 g/mol. The molecule has 0 spiro atoms. The Balaban J connectivity index is 2.71. The summed E-state index contributed by atoms with van der Waals surface area (Å²) < 4.78 is 29.9. The molecule has 1 aromatic heterocycles. The van der Waals surface area contributed by atoms with Crippen LogP contribution in [0.4, 0.5) is 0 Å². The van der Waals surface area contributed by atoms with Crippen molar-refractivity contribution in [2.24, 2.45) is 0 Å². The Bertz CT molecular complexity index is 630. The summed E-state index contributed by atoms with van der Waals surface area (Å²) in [5, 5.41) is 9.77. The molecule has 0 atom stereocenters. The van der Waals surface area contributed by atoms with Crippen LogP contribution in [0, 0.1) is 0 Å². The van der Waals surface area contributed by atoms with E-state index in [-0.39, 0.29) is 14.1 Å². The Morgan fingerprint density at radius 3 is 2.82 bits per heavy atom. The van der Waals surface area contributed by atoms with Gasteiger partial charge in [-0.3, -0.25) is 4.72 Å². The van der Waals surface area contributed by atoms with Gasteiger partial charge in [-0.15, -0.1) is 11.3 Å². The number of halogens is 1. The van der Waals surface area contributed by atoms with Crippen LogP contribution in [0.1, 0.15) is 5.56 Å². The highest BCUT2D eigenvalue weighted by Gasteiger charge is 2.35. The molecule has 0 aliphatic carbocycles. The average Bonchev–Trinajstić information content (AvgIpc) is 2.66. The molecule has 0 saturated heterocycles.